The highest BCUT2D eigenvalue weighted by Gasteiger charge is 2.21. The summed E-state index contributed by atoms with van der Waals surface area (Å²) >= 11 is 0. The summed E-state index contributed by atoms with van der Waals surface area (Å²) in [6, 6.07) is 5.63. The van der Waals surface area contributed by atoms with Crippen LogP contribution >= 0.6 is 0 Å². The predicted molar refractivity (Wildman–Crippen MR) is 92.4 cm³/mol. The van der Waals surface area contributed by atoms with Gasteiger partial charge in [0.2, 0.25) is 0 Å². The predicted octanol–water partition coefficient (Wildman–Crippen LogP) is 1.93. The molecule has 1 aliphatic heterocycles. The summed E-state index contributed by atoms with van der Waals surface area (Å²) in [5.41, 5.74) is 6.91. The fourth-order valence-electron chi connectivity index (χ4n) is 3.15. The molecule has 0 bridgehead atoms. The van der Waals surface area contributed by atoms with Gasteiger partial charge in [0.1, 0.15) is 5.69 Å². The third-order valence-electron chi connectivity index (χ3n) is 4.72. The van der Waals surface area contributed by atoms with E-state index in [1.165, 1.54) is 11.1 Å². The van der Waals surface area contributed by atoms with E-state index in [-0.39, 0.29) is 11.8 Å². The monoisotopic (exact) mass is 323 g/mol. The minimum atomic E-state index is -0.195. The molecule has 0 radical (unpaired) electrons. The van der Waals surface area contributed by atoms with Crippen molar-refractivity contribution in [1.82, 2.24) is 15.6 Å². The molecule has 124 valence electrons. The lowest BCUT2D eigenvalue weighted by Gasteiger charge is -2.22. The van der Waals surface area contributed by atoms with E-state index in [1.807, 2.05) is 12.1 Å². The first-order valence-corrected chi connectivity index (χ1v) is 8.08. The highest BCUT2D eigenvalue weighted by atomic mass is 16.2. The van der Waals surface area contributed by atoms with Crippen LogP contribution in [0.3, 0.4) is 0 Å². The van der Waals surface area contributed by atoms with Crippen LogP contribution in [0.2, 0.25) is 0 Å². The van der Waals surface area contributed by atoms with E-state index in [0.29, 0.717) is 18.7 Å². The van der Waals surface area contributed by atoms with Crippen molar-refractivity contribution in [3.05, 3.63) is 63.5 Å². The molecule has 1 aromatic heterocycles. The van der Waals surface area contributed by atoms with Crippen LogP contribution in [0.1, 0.15) is 48.7 Å². The van der Waals surface area contributed by atoms with Crippen LogP contribution in [0.4, 0.5) is 0 Å². The summed E-state index contributed by atoms with van der Waals surface area (Å²) in [5.74, 6) is -0.187. The maximum atomic E-state index is 12.1. The topological polar surface area (TPSA) is 71.1 Å². The van der Waals surface area contributed by atoms with Crippen LogP contribution in [0, 0.1) is 13.8 Å². The lowest BCUT2D eigenvalue weighted by atomic mass is 9.87. The zero-order valence-electron chi connectivity index (χ0n) is 14.2. The molecule has 0 unspecified atom stereocenters. The molecule has 0 saturated heterocycles. The Kier molecular flexibility index (Phi) is 4.34. The molecule has 0 aliphatic carbocycles. The van der Waals surface area contributed by atoms with Crippen molar-refractivity contribution in [3.8, 4) is 0 Å². The van der Waals surface area contributed by atoms with E-state index in [2.05, 4.69) is 29.5 Å². The van der Waals surface area contributed by atoms with E-state index in [0.717, 1.165) is 28.7 Å². The number of nitrogens with zero attached hydrogens (tertiary/aromatic N) is 1. The lowest BCUT2D eigenvalue weighted by molar-refractivity contribution is 0.0941. The fraction of sp³-hybridized carbons (Fsp3) is 0.316. The molecule has 3 rings (SSSR count). The molecule has 0 atom stereocenters. The van der Waals surface area contributed by atoms with Crippen LogP contribution < -0.4 is 10.6 Å². The van der Waals surface area contributed by atoms with Gasteiger partial charge in [-0.1, -0.05) is 6.07 Å². The number of amides is 2. The molecule has 0 saturated carbocycles. The molecular formula is C19H21N3O2. The second-order valence-electron chi connectivity index (χ2n) is 6.13. The van der Waals surface area contributed by atoms with Crippen molar-refractivity contribution >= 4 is 11.8 Å². The van der Waals surface area contributed by atoms with Gasteiger partial charge >= 0.3 is 0 Å². The van der Waals surface area contributed by atoms with E-state index < -0.39 is 0 Å². The number of nitrogens with one attached hydrogen (secondary N) is 2. The molecule has 1 aromatic carbocycles. The van der Waals surface area contributed by atoms with Gasteiger partial charge in [-0.05, 0) is 66.6 Å². The second-order valence-corrected chi connectivity index (χ2v) is 6.13. The summed E-state index contributed by atoms with van der Waals surface area (Å²) in [6.07, 6.45) is 3.30. The molecule has 2 N–H and O–H groups in total. The number of fused-ring (bicyclic) bond motifs is 1. The van der Waals surface area contributed by atoms with Gasteiger partial charge in [-0.2, -0.15) is 0 Å². The number of rotatable bonds is 3. The number of hydrogen-bond acceptors (Lipinski definition) is 3. The highest BCUT2D eigenvalue weighted by Crippen LogP contribution is 2.26. The molecule has 5 nitrogen and oxygen atoms in total. The molecule has 2 amide bonds. The first-order valence-electron chi connectivity index (χ1n) is 8.08. The molecule has 24 heavy (non-hydrogen) atoms. The minimum Gasteiger partial charge on any atom is -0.354 e. The van der Waals surface area contributed by atoms with Gasteiger partial charge in [-0.15, -0.1) is 0 Å². The normalized spacial score (nSPS) is 13.2. The average molecular weight is 323 g/mol. The van der Waals surface area contributed by atoms with Gasteiger partial charge < -0.3 is 10.6 Å². The summed E-state index contributed by atoms with van der Waals surface area (Å²) in [5, 5.41) is 5.47. The molecule has 0 fully saturated rings. The number of hydrogen-bond donors (Lipinski definition) is 2. The number of carbonyl (C=O) groups excluding carboxylic acids is 2. The Morgan fingerprint density at radius 1 is 1.29 bits per heavy atom. The van der Waals surface area contributed by atoms with Crippen LogP contribution in [0.25, 0.3) is 0 Å². The van der Waals surface area contributed by atoms with Crippen LogP contribution in [0.15, 0.2) is 24.4 Å². The molecule has 0 spiro atoms. The number of aromatic nitrogens is 1. The molecule has 2 aromatic rings. The smallest absolute Gasteiger partial charge is 0.269 e. The van der Waals surface area contributed by atoms with Gasteiger partial charge in [0.05, 0.1) is 0 Å². The van der Waals surface area contributed by atoms with Crippen molar-refractivity contribution < 1.29 is 9.59 Å². The van der Waals surface area contributed by atoms with Crippen LogP contribution in [-0.4, -0.2) is 30.4 Å². The number of benzene rings is 1. The second kappa shape index (κ2) is 6.43. The third kappa shape index (κ3) is 2.89. The van der Waals surface area contributed by atoms with Gasteiger partial charge in [-0.25, -0.2) is 0 Å². The summed E-state index contributed by atoms with van der Waals surface area (Å²) in [4.78, 5) is 27.9. The van der Waals surface area contributed by atoms with Gasteiger partial charge in [-0.3, -0.25) is 14.6 Å². The Morgan fingerprint density at radius 2 is 2.08 bits per heavy atom. The quantitative estimate of drug-likeness (QED) is 0.907. The molecule has 1 aliphatic rings. The first-order chi connectivity index (χ1) is 11.5. The van der Waals surface area contributed by atoms with Crippen molar-refractivity contribution in [3.63, 3.8) is 0 Å². The Bertz CT molecular complexity index is 810. The minimum absolute atomic E-state index is 0.00805. The largest absolute Gasteiger partial charge is 0.354 e. The average Bonchev–Trinajstić information content (AvgIpc) is 2.60. The van der Waals surface area contributed by atoms with E-state index in [4.69, 9.17) is 0 Å². The zero-order chi connectivity index (χ0) is 17.3. The van der Waals surface area contributed by atoms with E-state index in [9.17, 15) is 9.59 Å². The Hall–Kier alpha value is -2.69. The van der Waals surface area contributed by atoms with E-state index in [1.54, 1.807) is 19.3 Å². The van der Waals surface area contributed by atoms with Gasteiger partial charge in [0.15, 0.2) is 0 Å². The number of carbonyl (C=O) groups is 2. The molecule has 2 heterocycles. The van der Waals surface area contributed by atoms with Crippen molar-refractivity contribution in [2.45, 2.75) is 26.7 Å². The standard InChI is InChI=1S/C19H21N3O2/c1-11-12(2)15-6-7-21-18(23)16(15)9-14(11)8-13-4-5-17(22-10-13)19(24)20-3/h4-5,9-10H,6-8H2,1-3H3,(H,20,24)(H,21,23). The maximum absolute atomic E-state index is 12.1. The Morgan fingerprint density at radius 3 is 2.75 bits per heavy atom. The van der Waals surface area contributed by atoms with E-state index >= 15 is 0 Å². The lowest BCUT2D eigenvalue weighted by Crippen LogP contribution is -2.32. The van der Waals surface area contributed by atoms with Crippen molar-refractivity contribution in [2.24, 2.45) is 0 Å². The van der Waals surface area contributed by atoms with Crippen LogP contribution in [-0.2, 0) is 12.8 Å². The summed E-state index contributed by atoms with van der Waals surface area (Å²) < 4.78 is 0. The molecule has 5 heteroatoms. The van der Waals surface area contributed by atoms with Crippen molar-refractivity contribution in [2.75, 3.05) is 13.6 Å². The number of pyridine rings is 1. The first kappa shape index (κ1) is 16.2. The maximum Gasteiger partial charge on any atom is 0.269 e. The molecular weight excluding hydrogens is 302 g/mol. The van der Waals surface area contributed by atoms with Crippen LogP contribution in [0.5, 0.6) is 0 Å². The fourth-order valence-corrected chi connectivity index (χ4v) is 3.15. The third-order valence-corrected chi connectivity index (χ3v) is 4.72. The van der Waals surface area contributed by atoms with Gasteiger partial charge in [0, 0.05) is 25.4 Å². The summed E-state index contributed by atoms with van der Waals surface area (Å²) in [6.45, 7) is 4.89. The zero-order valence-corrected chi connectivity index (χ0v) is 14.2. The van der Waals surface area contributed by atoms with Gasteiger partial charge in [0.25, 0.3) is 11.8 Å². The Labute approximate surface area is 141 Å². The summed E-state index contributed by atoms with van der Waals surface area (Å²) in [7, 11) is 1.59. The van der Waals surface area contributed by atoms with Crippen molar-refractivity contribution in [1.29, 1.82) is 0 Å². The SMILES string of the molecule is CNC(=O)c1ccc(Cc2cc3c(c(C)c2C)CCNC3=O)cn1. The Balaban J connectivity index is 1.93. The highest BCUT2D eigenvalue weighted by molar-refractivity contribution is 5.97.